The van der Waals surface area contributed by atoms with Crippen LogP contribution in [0.5, 0.6) is 0 Å². The molecule has 0 aliphatic carbocycles. The molecule has 0 saturated heterocycles. The molecule has 2 atom stereocenters. The van der Waals surface area contributed by atoms with E-state index >= 15 is 0 Å². The summed E-state index contributed by atoms with van der Waals surface area (Å²) in [6.07, 6.45) is 8.41. The molecule has 0 radical (unpaired) electrons. The molecular formula is C11H25B. The first-order chi connectivity index (χ1) is 5.72. The molecular weight excluding hydrogens is 143 g/mol. The van der Waals surface area contributed by atoms with E-state index in [9.17, 15) is 0 Å². The van der Waals surface area contributed by atoms with Gasteiger partial charge in [-0.2, -0.15) is 0 Å². The highest BCUT2D eigenvalue weighted by molar-refractivity contribution is 6.08. The van der Waals surface area contributed by atoms with Gasteiger partial charge in [-0.05, 0) is 11.8 Å². The van der Waals surface area contributed by atoms with E-state index in [2.05, 4.69) is 28.6 Å². The van der Waals surface area contributed by atoms with Crippen LogP contribution in [0.1, 0.15) is 52.9 Å². The van der Waals surface area contributed by atoms with Crippen molar-refractivity contribution in [1.29, 1.82) is 0 Å². The largest absolute Gasteiger partial charge is 0.101 e. The zero-order valence-electron chi connectivity index (χ0n) is 9.40. The fraction of sp³-hybridized carbons (Fsp3) is 1.00. The first kappa shape index (κ1) is 12.1. The first-order valence-electron chi connectivity index (χ1n) is 5.72. The third kappa shape index (κ3) is 5.68. The van der Waals surface area contributed by atoms with E-state index < -0.39 is 0 Å². The molecule has 0 nitrogen and oxygen atoms in total. The van der Waals surface area contributed by atoms with E-state index in [1.54, 1.807) is 0 Å². The van der Waals surface area contributed by atoms with Crippen LogP contribution >= 0.6 is 0 Å². The molecule has 0 aliphatic heterocycles. The predicted octanol–water partition coefficient (Wildman–Crippen LogP) is 3.28. The Morgan fingerprint density at radius 2 is 1.58 bits per heavy atom. The van der Waals surface area contributed by atoms with Gasteiger partial charge < -0.3 is 0 Å². The molecule has 0 aromatic rings. The van der Waals surface area contributed by atoms with Gasteiger partial charge in [0.15, 0.2) is 0 Å². The van der Waals surface area contributed by atoms with Gasteiger partial charge in [0.1, 0.15) is 7.85 Å². The molecule has 0 fully saturated rings. The molecule has 72 valence electrons. The summed E-state index contributed by atoms with van der Waals surface area (Å²) >= 11 is 0. The van der Waals surface area contributed by atoms with Crippen LogP contribution in [0.2, 0.25) is 6.32 Å². The second-order valence-corrected chi connectivity index (χ2v) is 4.24. The fourth-order valence-electron chi connectivity index (χ4n) is 1.74. The van der Waals surface area contributed by atoms with Crippen LogP contribution in [0, 0.1) is 11.8 Å². The van der Waals surface area contributed by atoms with Gasteiger partial charge >= 0.3 is 0 Å². The van der Waals surface area contributed by atoms with Gasteiger partial charge in [0.25, 0.3) is 0 Å². The molecule has 12 heavy (non-hydrogen) atoms. The quantitative estimate of drug-likeness (QED) is 0.404. The van der Waals surface area contributed by atoms with Crippen LogP contribution in [-0.2, 0) is 0 Å². The Bertz CT molecular complexity index is 91.0. The summed E-state index contributed by atoms with van der Waals surface area (Å²) in [5.41, 5.74) is 0. The summed E-state index contributed by atoms with van der Waals surface area (Å²) in [6, 6.07) is 0. The van der Waals surface area contributed by atoms with Gasteiger partial charge in [-0.25, -0.2) is 0 Å². The van der Waals surface area contributed by atoms with Gasteiger partial charge in [-0.3, -0.25) is 0 Å². The number of rotatable bonds is 7. The molecule has 0 saturated carbocycles. The monoisotopic (exact) mass is 168 g/mol. The third-order valence-corrected chi connectivity index (χ3v) is 2.98. The third-order valence-electron chi connectivity index (χ3n) is 2.98. The summed E-state index contributed by atoms with van der Waals surface area (Å²) in [6.45, 7) is 7.09. The van der Waals surface area contributed by atoms with Gasteiger partial charge in [-0.15, -0.1) is 0 Å². The zero-order valence-corrected chi connectivity index (χ0v) is 9.40. The topological polar surface area (TPSA) is 0 Å². The van der Waals surface area contributed by atoms with Crippen molar-refractivity contribution >= 4 is 7.85 Å². The van der Waals surface area contributed by atoms with Crippen molar-refractivity contribution in [1.82, 2.24) is 0 Å². The van der Waals surface area contributed by atoms with Crippen LogP contribution < -0.4 is 0 Å². The second kappa shape index (κ2) is 7.70. The van der Waals surface area contributed by atoms with Crippen molar-refractivity contribution in [3.05, 3.63) is 0 Å². The summed E-state index contributed by atoms with van der Waals surface area (Å²) in [5, 5.41) is 0. The van der Waals surface area contributed by atoms with E-state index in [1.165, 1.54) is 38.4 Å². The summed E-state index contributed by atoms with van der Waals surface area (Å²) < 4.78 is 0. The summed E-state index contributed by atoms with van der Waals surface area (Å²) in [5.74, 6) is 1.88. The molecule has 0 bridgehead atoms. The predicted molar refractivity (Wildman–Crippen MR) is 60.4 cm³/mol. The number of hydrogen-bond acceptors (Lipinski definition) is 0. The highest BCUT2D eigenvalue weighted by Gasteiger charge is 2.09. The average molecular weight is 168 g/mol. The van der Waals surface area contributed by atoms with Gasteiger partial charge in [-0.1, -0.05) is 59.2 Å². The number of hydrogen-bond donors (Lipinski definition) is 0. The molecule has 2 unspecified atom stereocenters. The highest BCUT2D eigenvalue weighted by Crippen LogP contribution is 2.21. The van der Waals surface area contributed by atoms with Crippen molar-refractivity contribution in [2.45, 2.75) is 59.2 Å². The Morgan fingerprint density at radius 3 is 2.08 bits per heavy atom. The maximum Gasteiger partial charge on any atom is 0.101 e. The van der Waals surface area contributed by atoms with E-state index in [-0.39, 0.29) is 0 Å². The maximum atomic E-state index is 2.41. The van der Waals surface area contributed by atoms with Crippen LogP contribution in [0.15, 0.2) is 0 Å². The zero-order chi connectivity index (χ0) is 9.40. The molecule has 0 rings (SSSR count). The van der Waals surface area contributed by atoms with Crippen LogP contribution in [0.25, 0.3) is 0 Å². The molecule has 0 spiro atoms. The first-order valence-corrected chi connectivity index (χ1v) is 5.72. The molecule has 0 amide bonds. The summed E-state index contributed by atoms with van der Waals surface area (Å²) in [7, 11) is 2.29. The van der Waals surface area contributed by atoms with E-state index in [0.717, 1.165) is 11.8 Å². The van der Waals surface area contributed by atoms with Crippen LogP contribution in [0.3, 0.4) is 0 Å². The Morgan fingerprint density at radius 1 is 1.00 bits per heavy atom. The normalized spacial score (nSPS) is 15.9. The Hall–Kier alpha value is 0.0649. The van der Waals surface area contributed by atoms with Crippen LogP contribution in [0.4, 0.5) is 0 Å². The minimum absolute atomic E-state index is 0.937. The molecule has 1 heteroatoms. The van der Waals surface area contributed by atoms with Crippen molar-refractivity contribution in [3.63, 3.8) is 0 Å². The molecule has 0 heterocycles. The summed E-state index contributed by atoms with van der Waals surface area (Å²) in [4.78, 5) is 0. The van der Waals surface area contributed by atoms with Crippen LogP contribution in [-0.4, -0.2) is 7.85 Å². The smallest absolute Gasteiger partial charge is 0.0808 e. The van der Waals surface area contributed by atoms with E-state index in [1.807, 2.05) is 0 Å². The van der Waals surface area contributed by atoms with Crippen molar-refractivity contribution < 1.29 is 0 Å². The van der Waals surface area contributed by atoms with Gasteiger partial charge in [0.05, 0.1) is 0 Å². The Labute approximate surface area is 79.5 Å². The van der Waals surface area contributed by atoms with Crippen molar-refractivity contribution in [3.8, 4) is 0 Å². The molecule has 0 aromatic heterocycles. The van der Waals surface area contributed by atoms with E-state index in [0.29, 0.717) is 0 Å². The van der Waals surface area contributed by atoms with Gasteiger partial charge in [0, 0.05) is 0 Å². The molecule has 0 aromatic carbocycles. The lowest BCUT2D eigenvalue weighted by molar-refractivity contribution is 0.344. The van der Waals surface area contributed by atoms with E-state index in [4.69, 9.17) is 0 Å². The SMILES string of the molecule is BCCC(C)C(C)CCCCC. The minimum Gasteiger partial charge on any atom is -0.0808 e. The molecule has 0 aliphatic rings. The lowest BCUT2D eigenvalue weighted by atomic mass is 9.84. The Kier molecular flexibility index (Phi) is 7.74. The lowest BCUT2D eigenvalue weighted by Gasteiger charge is -2.18. The molecule has 0 N–H and O–H groups in total. The second-order valence-electron chi connectivity index (χ2n) is 4.24. The lowest BCUT2D eigenvalue weighted by Crippen LogP contribution is -2.07. The van der Waals surface area contributed by atoms with Crippen molar-refractivity contribution in [2.75, 3.05) is 0 Å². The Balaban J connectivity index is 3.35. The average Bonchev–Trinajstić information content (AvgIpc) is 2.05. The fourth-order valence-corrected chi connectivity index (χ4v) is 1.74. The minimum atomic E-state index is 0.937. The number of unbranched alkanes of at least 4 members (excludes halogenated alkanes) is 2. The van der Waals surface area contributed by atoms with Gasteiger partial charge in [0.2, 0.25) is 0 Å². The standard InChI is InChI=1S/C11H25B/c1-4-5-6-7-10(2)11(3)8-9-12/h10-11H,4-9,12H2,1-3H3. The van der Waals surface area contributed by atoms with Crippen molar-refractivity contribution in [2.24, 2.45) is 11.8 Å². The maximum absolute atomic E-state index is 2.41. The highest BCUT2D eigenvalue weighted by atomic mass is 14.1.